The number of carboxylic acids is 2. The molecule has 0 fully saturated rings. The minimum atomic E-state index is -4.63. The van der Waals surface area contributed by atoms with Crippen LogP contribution in [0.1, 0.15) is 58.2 Å². The first-order valence-electron chi connectivity index (χ1n) is 8.90. The molecule has 4 nitrogen and oxygen atoms in total. The van der Waals surface area contributed by atoms with Crippen molar-refractivity contribution < 1.29 is 46.1 Å². The zero-order valence-electron chi connectivity index (χ0n) is 17.3. The molecule has 0 saturated heterocycles. The number of hydrogen-bond acceptors (Lipinski definition) is 2. The number of aromatic carboxylic acids is 2. The second kappa shape index (κ2) is 10.3. The van der Waals surface area contributed by atoms with Crippen molar-refractivity contribution in [3.05, 3.63) is 68.7 Å². The normalized spacial score (nSPS) is 11.6. The van der Waals surface area contributed by atoms with E-state index in [0.717, 1.165) is 24.3 Å². The molecule has 0 radical (unpaired) electrons. The molecule has 0 aliphatic rings. The summed E-state index contributed by atoms with van der Waals surface area (Å²) in [6.07, 6.45) is -9.18. The van der Waals surface area contributed by atoms with E-state index < -0.39 is 46.4 Å². The number of benzene rings is 2. The fraction of sp³-hybridized carbons (Fsp3) is 0.273. The van der Waals surface area contributed by atoms with Crippen LogP contribution in [0, 0.1) is 17.3 Å². The van der Waals surface area contributed by atoms with Crippen LogP contribution >= 0.6 is 15.9 Å². The zero-order valence-corrected chi connectivity index (χ0v) is 18.9. The lowest BCUT2D eigenvalue weighted by Crippen LogP contribution is -2.10. The van der Waals surface area contributed by atoms with Crippen LogP contribution in [0.15, 0.2) is 40.9 Å². The quantitative estimate of drug-likeness (QED) is 0.320. The smallest absolute Gasteiger partial charge is 0.417 e. The zero-order chi connectivity index (χ0) is 25.8. The Bertz CT molecular complexity index is 1100. The van der Waals surface area contributed by atoms with E-state index in [1.165, 1.54) is 0 Å². The van der Waals surface area contributed by atoms with Crippen LogP contribution in [-0.4, -0.2) is 22.2 Å². The van der Waals surface area contributed by atoms with E-state index in [9.17, 15) is 35.9 Å². The summed E-state index contributed by atoms with van der Waals surface area (Å²) in [7, 11) is 0. The van der Waals surface area contributed by atoms with Gasteiger partial charge in [-0.25, -0.2) is 9.59 Å². The fourth-order valence-electron chi connectivity index (χ4n) is 2.15. The molecule has 11 heteroatoms. The first kappa shape index (κ1) is 28.0. The Morgan fingerprint density at radius 2 is 1.21 bits per heavy atom. The topological polar surface area (TPSA) is 74.6 Å². The Kier molecular flexibility index (Phi) is 8.74. The molecule has 0 heterocycles. The first-order chi connectivity index (χ1) is 14.8. The van der Waals surface area contributed by atoms with Crippen LogP contribution < -0.4 is 0 Å². The molecule has 0 saturated carbocycles. The molecule has 2 aromatic rings. The van der Waals surface area contributed by atoms with Crippen molar-refractivity contribution in [2.24, 2.45) is 5.41 Å². The molecule has 0 aromatic heterocycles. The summed E-state index contributed by atoms with van der Waals surface area (Å²) in [4.78, 5) is 21.1. The Hall–Kier alpha value is -3.00. The predicted molar refractivity (Wildman–Crippen MR) is 111 cm³/mol. The summed E-state index contributed by atoms with van der Waals surface area (Å²) >= 11 is 2.70. The van der Waals surface area contributed by atoms with Crippen molar-refractivity contribution in [1.29, 1.82) is 0 Å². The van der Waals surface area contributed by atoms with Gasteiger partial charge in [0.25, 0.3) is 0 Å². The van der Waals surface area contributed by atoms with Crippen molar-refractivity contribution in [3.63, 3.8) is 0 Å². The molecule has 0 spiro atoms. The van der Waals surface area contributed by atoms with Crippen LogP contribution in [0.3, 0.4) is 0 Å². The third-order valence-electron chi connectivity index (χ3n) is 3.66. The Morgan fingerprint density at radius 3 is 1.61 bits per heavy atom. The molecule has 0 bridgehead atoms. The van der Waals surface area contributed by atoms with Gasteiger partial charge in [-0.15, -0.1) is 0 Å². The van der Waals surface area contributed by atoms with Crippen LogP contribution in [0.5, 0.6) is 0 Å². The highest BCUT2D eigenvalue weighted by atomic mass is 79.9. The molecule has 178 valence electrons. The largest absolute Gasteiger partial charge is 0.478 e. The van der Waals surface area contributed by atoms with Crippen LogP contribution in [0.25, 0.3) is 0 Å². The lowest BCUT2D eigenvalue weighted by molar-refractivity contribution is -0.138. The maximum absolute atomic E-state index is 12.9. The van der Waals surface area contributed by atoms with Gasteiger partial charge >= 0.3 is 24.3 Å². The average molecular weight is 539 g/mol. The van der Waals surface area contributed by atoms with Crippen molar-refractivity contribution in [1.82, 2.24) is 0 Å². The molecule has 0 aliphatic heterocycles. The van der Waals surface area contributed by atoms with Gasteiger partial charge in [-0.1, -0.05) is 27.8 Å². The van der Waals surface area contributed by atoms with E-state index in [1.54, 1.807) is 20.8 Å². The van der Waals surface area contributed by atoms with Gasteiger partial charge in [-0.3, -0.25) is 0 Å². The van der Waals surface area contributed by atoms with Gasteiger partial charge in [0.1, 0.15) is 0 Å². The Labute approximate surface area is 193 Å². The highest BCUT2D eigenvalue weighted by Crippen LogP contribution is 2.35. The number of carboxylic acid groups (broad SMARTS) is 2. The molecule has 2 aromatic carbocycles. The van der Waals surface area contributed by atoms with Crippen LogP contribution in [0.4, 0.5) is 26.3 Å². The van der Waals surface area contributed by atoms with Crippen LogP contribution in [-0.2, 0) is 12.4 Å². The van der Waals surface area contributed by atoms with Crippen molar-refractivity contribution in [3.8, 4) is 11.8 Å². The van der Waals surface area contributed by atoms with Crippen molar-refractivity contribution in [2.75, 3.05) is 0 Å². The second-order valence-electron chi connectivity index (χ2n) is 7.56. The third kappa shape index (κ3) is 8.81. The summed E-state index contributed by atoms with van der Waals surface area (Å²) in [6, 6.07) is 5.56. The third-order valence-corrected chi connectivity index (χ3v) is 4.35. The van der Waals surface area contributed by atoms with Gasteiger partial charge in [0.2, 0.25) is 0 Å². The fourth-order valence-corrected chi connectivity index (χ4v) is 2.62. The van der Waals surface area contributed by atoms with E-state index >= 15 is 0 Å². The Morgan fingerprint density at radius 1 is 0.788 bits per heavy atom. The highest BCUT2D eigenvalue weighted by molar-refractivity contribution is 9.10. The van der Waals surface area contributed by atoms with Gasteiger partial charge in [-0.2, -0.15) is 26.3 Å². The molecular weight excluding hydrogens is 522 g/mol. The highest BCUT2D eigenvalue weighted by Gasteiger charge is 2.34. The van der Waals surface area contributed by atoms with Gasteiger partial charge in [-0.05, 0) is 57.2 Å². The van der Waals surface area contributed by atoms with E-state index in [0.29, 0.717) is 12.1 Å². The summed E-state index contributed by atoms with van der Waals surface area (Å²) < 4.78 is 75.2. The van der Waals surface area contributed by atoms with Gasteiger partial charge < -0.3 is 10.2 Å². The number of rotatable bonds is 2. The van der Waals surface area contributed by atoms with Crippen molar-refractivity contribution >= 4 is 27.9 Å². The van der Waals surface area contributed by atoms with Crippen LogP contribution in [0.2, 0.25) is 0 Å². The van der Waals surface area contributed by atoms with E-state index in [2.05, 4.69) is 27.8 Å². The summed E-state index contributed by atoms with van der Waals surface area (Å²) in [5.74, 6) is 2.38. The van der Waals surface area contributed by atoms with E-state index in [1.807, 2.05) is 0 Å². The molecule has 0 atom stereocenters. The number of halogens is 7. The molecule has 33 heavy (non-hydrogen) atoms. The SMILES string of the molecule is CC(C)(C)C#Cc1ccc(C(=O)O)cc1C(F)(F)F.O=C(O)c1ccc(Br)c(C(F)(F)F)c1. The summed E-state index contributed by atoms with van der Waals surface area (Å²) in [5.41, 5.74) is -3.46. The molecule has 2 N–H and O–H groups in total. The lowest BCUT2D eigenvalue weighted by atomic mass is 9.96. The second-order valence-corrected chi connectivity index (χ2v) is 8.42. The maximum Gasteiger partial charge on any atom is 0.417 e. The molecule has 0 aliphatic carbocycles. The Balaban J connectivity index is 0.000000346. The number of alkyl halides is 6. The van der Waals surface area contributed by atoms with Gasteiger partial charge in [0.15, 0.2) is 0 Å². The molecule has 0 amide bonds. The van der Waals surface area contributed by atoms with E-state index in [4.69, 9.17) is 10.2 Å². The lowest BCUT2D eigenvalue weighted by Gasteiger charge is -2.11. The molecule has 2 rings (SSSR count). The summed E-state index contributed by atoms with van der Waals surface area (Å²) in [6.45, 7) is 5.33. The van der Waals surface area contributed by atoms with E-state index in [-0.39, 0.29) is 15.6 Å². The number of carbonyl (C=O) groups is 2. The predicted octanol–water partition coefficient (Wildman–Crippen LogP) is 6.97. The number of hydrogen-bond donors (Lipinski definition) is 2. The van der Waals surface area contributed by atoms with Gasteiger partial charge in [0, 0.05) is 15.5 Å². The summed E-state index contributed by atoms with van der Waals surface area (Å²) in [5, 5.41) is 17.2. The van der Waals surface area contributed by atoms with Gasteiger partial charge in [0.05, 0.1) is 22.3 Å². The maximum atomic E-state index is 12.9. The minimum absolute atomic E-state index is 0.171. The van der Waals surface area contributed by atoms with Crippen molar-refractivity contribution in [2.45, 2.75) is 33.1 Å². The first-order valence-corrected chi connectivity index (χ1v) is 9.70. The average Bonchev–Trinajstić information content (AvgIpc) is 2.64. The standard InChI is InChI=1S/C14H13F3O2.C8H4BrF3O2/c1-13(2,3)7-6-9-4-5-10(12(18)19)8-11(9)14(15,16)17;9-6-2-1-4(7(13)14)3-5(6)8(10,11)12/h4-5,8H,1-3H3,(H,18,19);1-3H,(H,13,14). The molecular formula is C22H17BrF6O4. The molecule has 0 unspecified atom stereocenters. The minimum Gasteiger partial charge on any atom is -0.478 e. The monoisotopic (exact) mass is 538 g/mol.